The molecule has 0 amide bonds. The van der Waals surface area contributed by atoms with Crippen molar-refractivity contribution in [1.82, 2.24) is 4.98 Å². The molecule has 4 rings (SSSR count). The number of aliphatic hydroxyl groups is 1. The van der Waals surface area contributed by atoms with Gasteiger partial charge in [0, 0.05) is 18.9 Å². The Morgan fingerprint density at radius 3 is 1.57 bits per heavy atom. The Labute approximate surface area is 163 Å². The van der Waals surface area contributed by atoms with Crippen LogP contribution in [0, 0.1) is 17.6 Å². The third kappa shape index (κ3) is 9.24. The summed E-state index contributed by atoms with van der Waals surface area (Å²) in [4.78, 5) is 12.7. The van der Waals surface area contributed by atoms with Crippen molar-refractivity contribution >= 4 is 0 Å². The zero-order valence-corrected chi connectivity index (χ0v) is 15.7. The number of rotatable bonds is 4. The molecule has 0 unspecified atom stereocenters. The van der Waals surface area contributed by atoms with E-state index < -0.39 is 0 Å². The molecule has 3 nitrogen and oxygen atoms in total. The maximum absolute atomic E-state index is 12.7. The van der Waals surface area contributed by atoms with Gasteiger partial charge in [-0.05, 0) is 73.1 Å². The number of benzene rings is 2. The second kappa shape index (κ2) is 11.8. The van der Waals surface area contributed by atoms with Crippen molar-refractivity contribution in [2.75, 3.05) is 6.61 Å². The number of halogens is 2. The lowest BCUT2D eigenvalue weighted by molar-refractivity contribution is 0.277. The summed E-state index contributed by atoms with van der Waals surface area (Å²) in [7, 11) is 0. The summed E-state index contributed by atoms with van der Waals surface area (Å²) in [6.45, 7) is 0.417. The summed E-state index contributed by atoms with van der Waals surface area (Å²) in [6.07, 6.45) is 5.80. The van der Waals surface area contributed by atoms with Gasteiger partial charge in [0.2, 0.25) is 5.56 Å². The normalized spacial score (nSPS) is 12.2. The lowest BCUT2D eigenvalue weighted by Crippen LogP contribution is -1.98. The molecule has 148 valence electrons. The Balaban J connectivity index is 0.000000190. The zero-order valence-electron chi connectivity index (χ0n) is 15.7. The fourth-order valence-electron chi connectivity index (χ4n) is 2.27. The number of aromatic nitrogens is 1. The number of aryl methyl sites for hydroxylation is 2. The topological polar surface area (TPSA) is 53.1 Å². The van der Waals surface area contributed by atoms with Gasteiger partial charge in [-0.25, -0.2) is 8.78 Å². The highest BCUT2D eigenvalue weighted by atomic mass is 19.1. The van der Waals surface area contributed by atoms with Gasteiger partial charge < -0.3 is 10.1 Å². The quantitative estimate of drug-likeness (QED) is 0.694. The van der Waals surface area contributed by atoms with Gasteiger partial charge in [-0.2, -0.15) is 0 Å². The Hall–Kier alpha value is -2.79. The average Bonchev–Trinajstić information content (AvgIpc) is 3.55. The number of H-pyrrole nitrogens is 1. The van der Waals surface area contributed by atoms with Crippen molar-refractivity contribution in [3.63, 3.8) is 0 Å². The van der Waals surface area contributed by atoms with Crippen LogP contribution in [0.1, 0.15) is 24.0 Å². The van der Waals surface area contributed by atoms with Crippen LogP contribution in [0.25, 0.3) is 0 Å². The minimum Gasteiger partial charge on any atom is -0.396 e. The monoisotopic (exact) mass is 385 g/mol. The Kier molecular flexibility index (Phi) is 9.08. The molecule has 1 aliphatic carbocycles. The minimum atomic E-state index is -0.217. The second-order valence-electron chi connectivity index (χ2n) is 6.61. The molecule has 1 heterocycles. The Bertz CT molecular complexity index is 794. The van der Waals surface area contributed by atoms with E-state index in [0.717, 1.165) is 24.0 Å². The van der Waals surface area contributed by atoms with Gasteiger partial charge in [0.25, 0.3) is 0 Å². The molecule has 0 spiro atoms. The van der Waals surface area contributed by atoms with Crippen molar-refractivity contribution < 1.29 is 13.9 Å². The molecule has 3 aromatic rings. The van der Waals surface area contributed by atoms with Crippen molar-refractivity contribution in [3.05, 3.63) is 106 Å². The van der Waals surface area contributed by atoms with Crippen LogP contribution in [0.2, 0.25) is 0 Å². The molecule has 0 aliphatic heterocycles. The molecule has 0 saturated heterocycles. The molecule has 0 radical (unpaired) electrons. The lowest BCUT2D eigenvalue weighted by Gasteiger charge is -2.02. The van der Waals surface area contributed by atoms with Gasteiger partial charge in [0.05, 0.1) is 0 Å². The van der Waals surface area contributed by atoms with E-state index in [1.807, 2.05) is 0 Å². The van der Waals surface area contributed by atoms with E-state index in [4.69, 9.17) is 5.11 Å². The van der Waals surface area contributed by atoms with Gasteiger partial charge in [0.15, 0.2) is 0 Å². The molecular formula is C23H25F2NO2. The van der Waals surface area contributed by atoms with Gasteiger partial charge in [0.1, 0.15) is 11.6 Å². The van der Waals surface area contributed by atoms with Crippen molar-refractivity contribution in [2.45, 2.75) is 25.7 Å². The molecule has 0 atom stereocenters. The maximum Gasteiger partial charge on any atom is 0.247 e. The number of aliphatic hydroxyl groups excluding tert-OH is 1. The fourth-order valence-corrected chi connectivity index (χ4v) is 2.27. The molecule has 0 bridgehead atoms. The SMILES string of the molecule is Fc1ccc(CCc2ccc(F)cc2)cc1.O=c1cccc[nH]1.OCC1CC1. The van der Waals surface area contributed by atoms with E-state index in [1.165, 1.54) is 43.2 Å². The number of hydrogen-bond donors (Lipinski definition) is 2. The predicted octanol–water partition coefficient (Wildman–Crippen LogP) is 4.51. The van der Waals surface area contributed by atoms with E-state index in [9.17, 15) is 13.6 Å². The molecule has 2 aromatic carbocycles. The molecule has 5 heteroatoms. The van der Waals surface area contributed by atoms with Crippen molar-refractivity contribution in [1.29, 1.82) is 0 Å². The van der Waals surface area contributed by atoms with Crippen LogP contribution in [0.3, 0.4) is 0 Å². The highest BCUT2D eigenvalue weighted by Gasteiger charge is 2.18. The Morgan fingerprint density at radius 2 is 1.32 bits per heavy atom. The van der Waals surface area contributed by atoms with Crippen LogP contribution in [0.4, 0.5) is 8.78 Å². The summed E-state index contributed by atoms with van der Waals surface area (Å²) < 4.78 is 25.3. The number of hydrogen-bond acceptors (Lipinski definition) is 2. The second-order valence-corrected chi connectivity index (χ2v) is 6.61. The molecule has 1 aromatic heterocycles. The summed E-state index contributed by atoms with van der Waals surface area (Å²) in [6, 6.07) is 17.9. The van der Waals surface area contributed by atoms with Crippen LogP contribution in [0.15, 0.2) is 77.7 Å². The molecule has 2 N–H and O–H groups in total. The average molecular weight is 385 g/mol. The van der Waals surface area contributed by atoms with E-state index in [1.54, 1.807) is 42.6 Å². The third-order valence-corrected chi connectivity index (χ3v) is 4.16. The third-order valence-electron chi connectivity index (χ3n) is 4.16. The first-order valence-corrected chi connectivity index (χ1v) is 9.30. The van der Waals surface area contributed by atoms with Crippen molar-refractivity contribution in [2.24, 2.45) is 5.92 Å². The van der Waals surface area contributed by atoms with Gasteiger partial charge in [-0.3, -0.25) is 4.79 Å². The Morgan fingerprint density at radius 1 is 0.821 bits per heavy atom. The molecule has 1 aliphatic rings. The van der Waals surface area contributed by atoms with E-state index >= 15 is 0 Å². The maximum atomic E-state index is 12.7. The van der Waals surface area contributed by atoms with Crippen LogP contribution < -0.4 is 5.56 Å². The van der Waals surface area contributed by atoms with E-state index in [2.05, 4.69) is 4.98 Å². The molecular weight excluding hydrogens is 360 g/mol. The van der Waals surface area contributed by atoms with E-state index in [-0.39, 0.29) is 17.2 Å². The fraction of sp³-hybridized carbons (Fsp3) is 0.261. The predicted molar refractivity (Wildman–Crippen MR) is 107 cm³/mol. The van der Waals surface area contributed by atoms with Crippen LogP contribution >= 0.6 is 0 Å². The summed E-state index contributed by atoms with van der Waals surface area (Å²) in [5.74, 6) is 0.256. The van der Waals surface area contributed by atoms with Gasteiger partial charge in [-0.15, -0.1) is 0 Å². The first-order valence-electron chi connectivity index (χ1n) is 9.30. The molecule has 1 fully saturated rings. The van der Waals surface area contributed by atoms with Crippen LogP contribution in [-0.2, 0) is 12.8 Å². The highest BCUT2D eigenvalue weighted by Crippen LogP contribution is 2.27. The number of pyridine rings is 1. The van der Waals surface area contributed by atoms with E-state index in [0.29, 0.717) is 12.5 Å². The number of nitrogens with one attached hydrogen (secondary N) is 1. The van der Waals surface area contributed by atoms with Gasteiger partial charge >= 0.3 is 0 Å². The zero-order chi connectivity index (χ0) is 20.2. The minimum absolute atomic E-state index is 0.0532. The summed E-state index contributed by atoms with van der Waals surface area (Å²) in [5, 5.41) is 8.21. The van der Waals surface area contributed by atoms with Crippen molar-refractivity contribution in [3.8, 4) is 0 Å². The van der Waals surface area contributed by atoms with Crippen LogP contribution in [0.5, 0.6) is 0 Å². The smallest absolute Gasteiger partial charge is 0.247 e. The highest BCUT2D eigenvalue weighted by molar-refractivity contribution is 5.21. The van der Waals surface area contributed by atoms with Gasteiger partial charge in [-0.1, -0.05) is 30.3 Å². The lowest BCUT2D eigenvalue weighted by atomic mass is 10.0. The first-order chi connectivity index (χ1) is 13.6. The first kappa shape index (κ1) is 21.5. The molecule has 28 heavy (non-hydrogen) atoms. The largest absolute Gasteiger partial charge is 0.396 e. The van der Waals surface area contributed by atoms with Crippen LogP contribution in [-0.4, -0.2) is 16.7 Å². The summed E-state index contributed by atoms with van der Waals surface area (Å²) in [5.41, 5.74) is 2.12. The standard InChI is InChI=1S/C14H12F2.C5H5NO.C4H8O/c15-13-7-3-11(4-8-13)1-2-12-5-9-14(16)10-6-12;7-5-3-1-2-4-6-5;5-3-4-1-2-4/h3-10H,1-2H2;1-4H,(H,6,7);4-5H,1-3H2. The number of aromatic amines is 1. The summed E-state index contributed by atoms with van der Waals surface area (Å²) >= 11 is 0. The molecule has 1 saturated carbocycles.